The molecule has 0 aliphatic carbocycles. The lowest BCUT2D eigenvalue weighted by Gasteiger charge is -2.18. The summed E-state index contributed by atoms with van der Waals surface area (Å²) in [6, 6.07) is 2.00. The average Bonchev–Trinajstić information content (AvgIpc) is 2.03. The van der Waals surface area contributed by atoms with Crippen LogP contribution in [0.3, 0.4) is 0 Å². The fourth-order valence-corrected chi connectivity index (χ4v) is 0.871. The molecule has 1 N–H and O–H groups in total. The summed E-state index contributed by atoms with van der Waals surface area (Å²) in [4.78, 5) is 12.2. The molecule has 4 heteroatoms. The Morgan fingerprint density at radius 1 is 1.75 bits per heavy atom. The van der Waals surface area contributed by atoms with Crippen LogP contribution in [-0.4, -0.2) is 35.6 Å². The Balaban J connectivity index is 3.86. The van der Waals surface area contributed by atoms with Crippen LogP contribution >= 0.6 is 0 Å². The lowest BCUT2D eigenvalue weighted by molar-refractivity contribution is -0.141. The van der Waals surface area contributed by atoms with Gasteiger partial charge in [0, 0.05) is 6.54 Å². The highest BCUT2D eigenvalue weighted by atomic mass is 16.4. The van der Waals surface area contributed by atoms with Crippen LogP contribution in [0.25, 0.3) is 0 Å². The molecule has 0 aromatic carbocycles. The monoisotopic (exact) mass is 170 g/mol. The van der Waals surface area contributed by atoms with Crippen molar-refractivity contribution in [1.29, 1.82) is 5.26 Å². The van der Waals surface area contributed by atoms with Gasteiger partial charge in [0.15, 0.2) is 0 Å². The van der Waals surface area contributed by atoms with Crippen molar-refractivity contribution in [2.75, 3.05) is 19.6 Å². The van der Waals surface area contributed by atoms with Gasteiger partial charge in [-0.2, -0.15) is 5.26 Å². The number of carboxylic acid groups (broad SMARTS) is 1. The highest BCUT2D eigenvalue weighted by Crippen LogP contribution is 1.98. The summed E-state index contributed by atoms with van der Waals surface area (Å²) in [6.45, 7) is 5.01. The molecular formula is C8H14N2O2. The predicted octanol–water partition coefficient (Wildman–Crippen LogP) is 0.553. The first kappa shape index (κ1) is 10.9. The molecule has 0 fully saturated rings. The molecule has 0 radical (unpaired) electrons. The first-order chi connectivity index (χ1) is 5.61. The third kappa shape index (κ3) is 3.94. The number of hydrogen-bond acceptors (Lipinski definition) is 3. The van der Waals surface area contributed by atoms with Crippen LogP contribution < -0.4 is 0 Å². The van der Waals surface area contributed by atoms with E-state index in [9.17, 15) is 4.79 Å². The molecule has 0 aliphatic rings. The molecular weight excluding hydrogens is 156 g/mol. The number of nitriles is 1. The molecule has 1 unspecified atom stereocenters. The van der Waals surface area contributed by atoms with Gasteiger partial charge in [-0.1, -0.05) is 13.8 Å². The fraction of sp³-hybridized carbons (Fsp3) is 0.750. The second kappa shape index (κ2) is 5.56. The van der Waals surface area contributed by atoms with Crippen molar-refractivity contribution in [3.63, 3.8) is 0 Å². The summed E-state index contributed by atoms with van der Waals surface area (Å²) in [7, 11) is 0. The summed E-state index contributed by atoms with van der Waals surface area (Å²) in [6.07, 6.45) is 0. The maximum absolute atomic E-state index is 10.4. The molecule has 0 aromatic rings. The number of nitrogens with zero attached hydrogens (tertiary/aromatic N) is 2. The topological polar surface area (TPSA) is 64.3 Å². The van der Waals surface area contributed by atoms with Gasteiger partial charge in [-0.3, -0.25) is 9.69 Å². The molecule has 0 heterocycles. The molecule has 4 nitrogen and oxygen atoms in total. The van der Waals surface area contributed by atoms with E-state index < -0.39 is 11.9 Å². The first-order valence-corrected chi connectivity index (χ1v) is 3.93. The van der Waals surface area contributed by atoms with Crippen molar-refractivity contribution < 1.29 is 9.90 Å². The van der Waals surface area contributed by atoms with E-state index in [0.717, 1.165) is 0 Å². The summed E-state index contributed by atoms with van der Waals surface area (Å²) in [5, 5.41) is 17.0. The van der Waals surface area contributed by atoms with E-state index in [-0.39, 0.29) is 0 Å². The summed E-state index contributed by atoms with van der Waals surface area (Å²) < 4.78 is 0. The molecule has 0 bridgehead atoms. The van der Waals surface area contributed by atoms with Crippen LogP contribution in [0, 0.1) is 17.2 Å². The van der Waals surface area contributed by atoms with Gasteiger partial charge in [0.1, 0.15) is 0 Å². The average molecular weight is 170 g/mol. The van der Waals surface area contributed by atoms with Gasteiger partial charge in [0.05, 0.1) is 18.5 Å². The van der Waals surface area contributed by atoms with Crippen LogP contribution in [0.5, 0.6) is 0 Å². The van der Waals surface area contributed by atoms with Crippen LogP contribution in [0.4, 0.5) is 0 Å². The highest BCUT2D eigenvalue weighted by molar-refractivity contribution is 5.69. The third-order valence-corrected chi connectivity index (χ3v) is 1.70. The van der Waals surface area contributed by atoms with Gasteiger partial charge < -0.3 is 5.11 Å². The van der Waals surface area contributed by atoms with E-state index >= 15 is 0 Å². The molecule has 68 valence electrons. The van der Waals surface area contributed by atoms with E-state index in [0.29, 0.717) is 19.6 Å². The van der Waals surface area contributed by atoms with Gasteiger partial charge in [-0.15, -0.1) is 0 Å². The summed E-state index contributed by atoms with van der Waals surface area (Å²) >= 11 is 0. The van der Waals surface area contributed by atoms with Crippen LogP contribution in [0.1, 0.15) is 13.8 Å². The maximum Gasteiger partial charge on any atom is 0.307 e. The Kier molecular flexibility index (Phi) is 5.06. The van der Waals surface area contributed by atoms with Crippen LogP contribution in [0.15, 0.2) is 0 Å². The number of rotatable bonds is 5. The van der Waals surface area contributed by atoms with Crippen molar-refractivity contribution in [2.24, 2.45) is 5.92 Å². The number of carbonyl (C=O) groups is 1. The molecule has 0 aliphatic heterocycles. The molecule has 0 rings (SSSR count). The Bertz CT molecular complexity index is 186. The second-order valence-electron chi connectivity index (χ2n) is 2.73. The van der Waals surface area contributed by atoms with E-state index in [4.69, 9.17) is 10.4 Å². The highest BCUT2D eigenvalue weighted by Gasteiger charge is 2.14. The molecule has 0 saturated heterocycles. The number of aliphatic carboxylic acids is 1. The minimum atomic E-state index is -0.814. The Morgan fingerprint density at radius 3 is 2.67 bits per heavy atom. The van der Waals surface area contributed by atoms with Crippen LogP contribution in [-0.2, 0) is 4.79 Å². The molecule has 0 aromatic heterocycles. The maximum atomic E-state index is 10.4. The zero-order valence-corrected chi connectivity index (χ0v) is 7.45. The normalized spacial score (nSPS) is 12.5. The third-order valence-electron chi connectivity index (χ3n) is 1.70. The quantitative estimate of drug-likeness (QED) is 0.612. The Hall–Kier alpha value is -1.08. The van der Waals surface area contributed by atoms with Gasteiger partial charge >= 0.3 is 5.97 Å². The molecule has 0 saturated carbocycles. The van der Waals surface area contributed by atoms with Crippen molar-refractivity contribution in [1.82, 2.24) is 4.90 Å². The SMILES string of the molecule is CCN(CC#N)CC(C)C(=O)O. The van der Waals surface area contributed by atoms with Gasteiger partial charge in [0.2, 0.25) is 0 Å². The summed E-state index contributed by atoms with van der Waals surface area (Å²) in [5.41, 5.74) is 0. The van der Waals surface area contributed by atoms with E-state index in [1.165, 1.54) is 0 Å². The molecule has 12 heavy (non-hydrogen) atoms. The predicted molar refractivity (Wildman–Crippen MR) is 44.5 cm³/mol. The Morgan fingerprint density at radius 2 is 2.33 bits per heavy atom. The number of hydrogen-bond donors (Lipinski definition) is 1. The summed E-state index contributed by atoms with van der Waals surface area (Å²) in [5.74, 6) is -1.22. The zero-order valence-electron chi connectivity index (χ0n) is 7.45. The zero-order chi connectivity index (χ0) is 9.56. The van der Waals surface area contributed by atoms with E-state index in [1.807, 2.05) is 13.0 Å². The minimum Gasteiger partial charge on any atom is -0.481 e. The van der Waals surface area contributed by atoms with E-state index in [1.54, 1.807) is 11.8 Å². The van der Waals surface area contributed by atoms with Gasteiger partial charge in [-0.25, -0.2) is 0 Å². The first-order valence-electron chi connectivity index (χ1n) is 3.93. The lowest BCUT2D eigenvalue weighted by Crippen LogP contribution is -2.31. The smallest absolute Gasteiger partial charge is 0.307 e. The Labute approximate surface area is 72.4 Å². The molecule has 0 spiro atoms. The van der Waals surface area contributed by atoms with Gasteiger partial charge in [-0.05, 0) is 6.54 Å². The molecule has 0 amide bonds. The van der Waals surface area contributed by atoms with Crippen molar-refractivity contribution in [3.8, 4) is 6.07 Å². The van der Waals surface area contributed by atoms with E-state index in [2.05, 4.69) is 0 Å². The lowest BCUT2D eigenvalue weighted by atomic mass is 10.2. The largest absolute Gasteiger partial charge is 0.481 e. The minimum absolute atomic E-state index is 0.300. The van der Waals surface area contributed by atoms with Crippen molar-refractivity contribution >= 4 is 5.97 Å². The fourth-order valence-electron chi connectivity index (χ4n) is 0.871. The number of carboxylic acids is 1. The van der Waals surface area contributed by atoms with Crippen LogP contribution in [0.2, 0.25) is 0 Å². The van der Waals surface area contributed by atoms with Crippen molar-refractivity contribution in [2.45, 2.75) is 13.8 Å². The standard InChI is InChI=1S/C8H14N2O2/c1-3-10(5-4-9)6-7(2)8(11)12/h7H,3,5-6H2,1-2H3,(H,11,12). The molecule has 1 atom stereocenters. The van der Waals surface area contributed by atoms with Gasteiger partial charge in [0.25, 0.3) is 0 Å². The van der Waals surface area contributed by atoms with Crippen molar-refractivity contribution in [3.05, 3.63) is 0 Å². The second-order valence-corrected chi connectivity index (χ2v) is 2.73.